The first-order chi connectivity index (χ1) is 15.6. The second kappa shape index (κ2) is 11.0. The number of aliphatic imine (C=N–C) groups is 1. The predicted molar refractivity (Wildman–Crippen MR) is 139 cm³/mol. The lowest BCUT2D eigenvalue weighted by Crippen LogP contribution is -2.41. The number of hydrogen-bond acceptors (Lipinski definition) is 4. The van der Waals surface area contributed by atoms with Gasteiger partial charge in [0.25, 0.3) is 5.91 Å². The van der Waals surface area contributed by atoms with E-state index in [2.05, 4.69) is 11.6 Å². The van der Waals surface area contributed by atoms with Crippen molar-refractivity contribution in [3.8, 4) is 0 Å². The molecule has 5 nitrogen and oxygen atoms in total. The average molecular weight is 454 g/mol. The zero-order valence-corrected chi connectivity index (χ0v) is 22.2. The fourth-order valence-corrected chi connectivity index (χ4v) is 4.68. The molecule has 182 valence electrons. The van der Waals surface area contributed by atoms with Crippen LogP contribution in [0, 0.1) is 0 Å². The van der Waals surface area contributed by atoms with Crippen LogP contribution in [0.2, 0.25) is 0 Å². The Bertz CT molecular complexity index is 858. The topological polar surface area (TPSA) is 51.1 Å². The smallest absolute Gasteiger partial charge is 0.399 e. The van der Waals surface area contributed by atoms with Crippen molar-refractivity contribution in [3.63, 3.8) is 0 Å². The van der Waals surface area contributed by atoms with Gasteiger partial charge in [-0.05, 0) is 77.1 Å². The van der Waals surface area contributed by atoms with Crippen molar-refractivity contribution in [1.82, 2.24) is 4.90 Å². The first kappa shape index (κ1) is 27.3. The number of carbonyl (C=O) groups excluding carboxylic acids is 1. The molecule has 33 heavy (non-hydrogen) atoms. The molecule has 1 saturated carbocycles. The summed E-state index contributed by atoms with van der Waals surface area (Å²) in [4.78, 5) is 20.1. The van der Waals surface area contributed by atoms with E-state index in [1.807, 2.05) is 72.4 Å². The highest BCUT2D eigenvalue weighted by Gasteiger charge is 2.53. The Balaban J connectivity index is 0.00000187. The summed E-state index contributed by atoms with van der Waals surface area (Å²) in [6, 6.07) is 0.206. The summed E-state index contributed by atoms with van der Waals surface area (Å²) in [7, 11) is 1.21. The zero-order chi connectivity index (χ0) is 25.0. The largest absolute Gasteiger partial charge is 0.495 e. The van der Waals surface area contributed by atoms with E-state index in [4.69, 9.17) is 9.31 Å². The van der Waals surface area contributed by atoms with E-state index in [0.29, 0.717) is 5.57 Å². The molecule has 0 radical (unpaired) electrons. The fourth-order valence-electron chi connectivity index (χ4n) is 4.68. The van der Waals surface area contributed by atoms with Crippen molar-refractivity contribution < 1.29 is 14.1 Å². The van der Waals surface area contributed by atoms with E-state index in [1.165, 1.54) is 6.42 Å². The number of allylic oxidation sites excluding steroid dienone is 4. The Labute approximate surface area is 201 Å². The lowest BCUT2D eigenvalue weighted by molar-refractivity contribution is -0.126. The minimum absolute atomic E-state index is 0.0234. The summed E-state index contributed by atoms with van der Waals surface area (Å²) in [5.74, 6) is -0.0234. The van der Waals surface area contributed by atoms with Crippen molar-refractivity contribution in [1.29, 1.82) is 0 Å². The standard InChI is InChI=1S/C25H37BN2O3.C2H6/c1-9-19-21(26-30-24(4,5)25(6,7)31-26)16-20(17(3)22(19)27-8)23(29)28(10-2)18-14-12-11-13-15-18;1-2/h9-10,16,18H,2,11-15H2,1,3-8H3;1-2H3/b19-9-,27-22?;. The lowest BCUT2D eigenvalue weighted by Gasteiger charge is -2.33. The van der Waals surface area contributed by atoms with Gasteiger partial charge in [0, 0.05) is 24.9 Å². The Hall–Kier alpha value is -1.92. The molecule has 3 rings (SSSR count). The molecule has 0 aromatic carbocycles. The maximum absolute atomic E-state index is 13.7. The van der Waals surface area contributed by atoms with Gasteiger partial charge in [-0.3, -0.25) is 9.79 Å². The highest BCUT2D eigenvalue weighted by Crippen LogP contribution is 2.42. The highest BCUT2D eigenvalue weighted by atomic mass is 16.7. The second-order valence-corrected chi connectivity index (χ2v) is 9.69. The number of hydrogen-bond donors (Lipinski definition) is 0. The van der Waals surface area contributed by atoms with Crippen LogP contribution >= 0.6 is 0 Å². The van der Waals surface area contributed by atoms with Crippen molar-refractivity contribution >= 4 is 18.7 Å². The molecule has 1 aliphatic heterocycles. The molecule has 0 spiro atoms. The minimum atomic E-state index is -0.560. The summed E-state index contributed by atoms with van der Waals surface area (Å²) in [6.07, 6.45) is 11.2. The quantitative estimate of drug-likeness (QED) is 0.474. The van der Waals surface area contributed by atoms with Crippen LogP contribution in [0.1, 0.15) is 87.5 Å². The molecule has 0 aromatic heterocycles. The van der Waals surface area contributed by atoms with E-state index in [-0.39, 0.29) is 11.9 Å². The maximum Gasteiger partial charge on any atom is 0.495 e. The molecule has 0 aromatic rings. The third-order valence-corrected chi connectivity index (χ3v) is 7.27. The van der Waals surface area contributed by atoms with E-state index in [9.17, 15) is 4.79 Å². The van der Waals surface area contributed by atoms with E-state index in [1.54, 1.807) is 13.2 Å². The summed E-state index contributed by atoms with van der Waals surface area (Å²) >= 11 is 0. The molecule has 0 atom stereocenters. The monoisotopic (exact) mass is 454 g/mol. The summed E-state index contributed by atoms with van der Waals surface area (Å²) in [5, 5.41) is 0. The molecule has 0 bridgehead atoms. The maximum atomic E-state index is 13.7. The normalized spacial score (nSPS) is 25.0. The molecule has 2 fully saturated rings. The third kappa shape index (κ3) is 5.27. The number of rotatable bonds is 4. The van der Waals surface area contributed by atoms with Gasteiger partial charge in [0.05, 0.1) is 16.9 Å². The van der Waals surface area contributed by atoms with Crippen LogP contribution in [0.4, 0.5) is 0 Å². The van der Waals surface area contributed by atoms with Crippen LogP contribution < -0.4 is 0 Å². The first-order valence-corrected chi connectivity index (χ1v) is 12.5. The molecule has 0 unspecified atom stereocenters. The predicted octanol–water partition coefficient (Wildman–Crippen LogP) is 6.22. The molecule has 3 aliphatic rings. The molecule has 1 saturated heterocycles. The van der Waals surface area contributed by atoms with Gasteiger partial charge in [0.15, 0.2) is 0 Å². The van der Waals surface area contributed by atoms with Gasteiger partial charge in [-0.25, -0.2) is 0 Å². The Kier molecular flexibility index (Phi) is 9.12. The zero-order valence-electron chi connectivity index (χ0n) is 22.2. The van der Waals surface area contributed by atoms with Gasteiger partial charge >= 0.3 is 7.12 Å². The van der Waals surface area contributed by atoms with Crippen molar-refractivity contribution in [2.24, 2.45) is 4.99 Å². The minimum Gasteiger partial charge on any atom is -0.399 e. The van der Waals surface area contributed by atoms with Gasteiger partial charge in [0.2, 0.25) is 0 Å². The summed E-state index contributed by atoms with van der Waals surface area (Å²) in [6.45, 7) is 20.1. The molecule has 6 heteroatoms. The Morgan fingerprint density at radius 2 is 1.70 bits per heavy atom. The number of carbonyl (C=O) groups is 1. The van der Waals surface area contributed by atoms with Gasteiger partial charge in [-0.2, -0.15) is 0 Å². The van der Waals surface area contributed by atoms with Crippen LogP contribution in [-0.2, 0) is 14.1 Å². The van der Waals surface area contributed by atoms with Crippen molar-refractivity contribution in [3.05, 3.63) is 47.1 Å². The molecule has 1 amide bonds. The molecule has 0 N–H and O–H groups in total. The van der Waals surface area contributed by atoms with E-state index in [0.717, 1.165) is 48.0 Å². The highest BCUT2D eigenvalue weighted by molar-refractivity contribution is 6.58. The van der Waals surface area contributed by atoms with Gasteiger partial charge < -0.3 is 14.2 Å². The Morgan fingerprint density at radius 1 is 1.15 bits per heavy atom. The average Bonchev–Trinajstić information content (AvgIpc) is 3.02. The van der Waals surface area contributed by atoms with Crippen LogP contribution in [-0.4, -0.2) is 47.9 Å². The third-order valence-electron chi connectivity index (χ3n) is 7.27. The second-order valence-electron chi connectivity index (χ2n) is 9.69. The summed E-state index contributed by atoms with van der Waals surface area (Å²) in [5.41, 5.74) is 3.21. The van der Waals surface area contributed by atoms with Crippen LogP contribution in [0.25, 0.3) is 0 Å². The van der Waals surface area contributed by atoms with Crippen molar-refractivity contribution in [2.45, 2.75) is 105 Å². The Morgan fingerprint density at radius 3 is 2.15 bits per heavy atom. The number of nitrogens with zero attached hydrogens (tertiary/aromatic N) is 2. The number of amides is 1. The SMILES string of the molecule is C=CN(C(=O)C1=C(C)C(=NC)/C(=C\C)C(B2OC(C)(C)C(C)(C)O2)=C1)C1CCCCC1.CC. The van der Waals surface area contributed by atoms with Crippen LogP contribution in [0.3, 0.4) is 0 Å². The first-order valence-electron chi connectivity index (χ1n) is 12.5. The van der Waals surface area contributed by atoms with Crippen molar-refractivity contribution in [2.75, 3.05) is 7.05 Å². The summed E-state index contributed by atoms with van der Waals surface area (Å²) < 4.78 is 12.7. The molecule has 1 heterocycles. The molecular formula is C27H43BN2O3. The lowest BCUT2D eigenvalue weighted by atomic mass is 9.67. The van der Waals surface area contributed by atoms with Gasteiger partial charge in [0.1, 0.15) is 0 Å². The molecular weight excluding hydrogens is 411 g/mol. The van der Waals surface area contributed by atoms with E-state index < -0.39 is 18.3 Å². The van der Waals surface area contributed by atoms with Crippen LogP contribution in [0.5, 0.6) is 0 Å². The van der Waals surface area contributed by atoms with Gasteiger partial charge in [-0.15, -0.1) is 0 Å². The fraction of sp³-hybridized carbons (Fsp3) is 0.630. The molecule has 2 aliphatic carbocycles. The van der Waals surface area contributed by atoms with Crippen LogP contribution in [0.15, 0.2) is 52.1 Å². The van der Waals surface area contributed by atoms with E-state index >= 15 is 0 Å². The van der Waals surface area contributed by atoms with Gasteiger partial charge in [-0.1, -0.05) is 45.8 Å².